The Hall–Kier alpha value is -1.28. The second-order valence-electron chi connectivity index (χ2n) is 3.12. The number of nitrogens with two attached hydrogens (primary N) is 1. The number of aromatic nitrogens is 2. The number of rotatable bonds is 2. The summed E-state index contributed by atoms with van der Waals surface area (Å²) in [4.78, 5) is 8.35. The Morgan fingerprint density at radius 2 is 2.07 bits per heavy atom. The zero-order chi connectivity index (χ0) is 10.7. The van der Waals surface area contributed by atoms with Crippen LogP contribution >= 0.6 is 11.8 Å². The maximum absolute atomic E-state index is 8.84. The van der Waals surface area contributed by atoms with E-state index in [1.54, 1.807) is 0 Å². The lowest BCUT2D eigenvalue weighted by Gasteiger charge is -2.08. The monoisotopic (exact) mass is 208 g/mol. The fourth-order valence-corrected chi connectivity index (χ4v) is 1.52. The van der Waals surface area contributed by atoms with E-state index in [0.717, 1.165) is 0 Å². The lowest BCUT2D eigenvalue weighted by Crippen LogP contribution is -2.05. The Morgan fingerprint density at radius 3 is 2.50 bits per heavy atom. The van der Waals surface area contributed by atoms with Gasteiger partial charge in [-0.1, -0.05) is 13.8 Å². The fourth-order valence-electron chi connectivity index (χ4n) is 0.985. The van der Waals surface area contributed by atoms with E-state index < -0.39 is 0 Å². The van der Waals surface area contributed by atoms with E-state index in [4.69, 9.17) is 11.0 Å². The van der Waals surface area contributed by atoms with Gasteiger partial charge in [-0.25, -0.2) is 9.97 Å². The number of hydrogen-bond donors (Lipinski definition) is 1. The first kappa shape index (κ1) is 10.8. The van der Waals surface area contributed by atoms with Gasteiger partial charge in [0, 0.05) is 5.92 Å². The molecule has 1 rings (SSSR count). The number of hydrogen-bond acceptors (Lipinski definition) is 5. The zero-order valence-electron chi connectivity index (χ0n) is 8.40. The smallest absolute Gasteiger partial charge is 0.146 e. The third-order valence-electron chi connectivity index (χ3n) is 1.74. The summed E-state index contributed by atoms with van der Waals surface area (Å²) in [7, 11) is 0. The molecule has 0 unspecified atom stereocenters. The molecule has 0 saturated heterocycles. The van der Waals surface area contributed by atoms with Crippen LogP contribution in [0.5, 0.6) is 0 Å². The number of nitrogen functional groups attached to an aromatic ring is 1. The largest absolute Gasteiger partial charge is 0.382 e. The summed E-state index contributed by atoms with van der Waals surface area (Å²) >= 11 is 1.41. The quantitative estimate of drug-likeness (QED) is 0.592. The minimum atomic E-state index is 0.218. The van der Waals surface area contributed by atoms with Gasteiger partial charge in [-0.15, -0.1) is 11.8 Å². The average Bonchev–Trinajstić information content (AvgIpc) is 2.16. The Labute approximate surface area is 87.6 Å². The van der Waals surface area contributed by atoms with Gasteiger partial charge in [-0.2, -0.15) is 5.26 Å². The minimum Gasteiger partial charge on any atom is -0.382 e. The maximum atomic E-state index is 8.84. The molecule has 0 aliphatic carbocycles. The van der Waals surface area contributed by atoms with Crippen LogP contribution in [0.15, 0.2) is 5.03 Å². The first-order valence-corrected chi connectivity index (χ1v) is 5.44. The molecule has 1 heterocycles. The Bertz CT molecular complexity index is 381. The van der Waals surface area contributed by atoms with Crippen molar-refractivity contribution >= 4 is 17.6 Å². The molecule has 0 bridgehead atoms. The van der Waals surface area contributed by atoms with Crippen molar-refractivity contribution in [1.82, 2.24) is 9.97 Å². The number of nitrogens with zero attached hydrogens (tertiary/aromatic N) is 3. The van der Waals surface area contributed by atoms with Crippen molar-refractivity contribution in [3.8, 4) is 6.07 Å². The second-order valence-corrected chi connectivity index (χ2v) is 3.91. The second kappa shape index (κ2) is 4.29. The van der Waals surface area contributed by atoms with Crippen molar-refractivity contribution in [2.24, 2.45) is 0 Å². The van der Waals surface area contributed by atoms with Crippen LogP contribution in [0, 0.1) is 11.3 Å². The van der Waals surface area contributed by atoms with Crippen LogP contribution in [-0.2, 0) is 0 Å². The van der Waals surface area contributed by atoms with Crippen LogP contribution in [-0.4, -0.2) is 16.2 Å². The predicted molar refractivity (Wildman–Crippen MR) is 57.0 cm³/mol. The molecular formula is C9H12N4S. The third kappa shape index (κ3) is 1.96. The van der Waals surface area contributed by atoms with Crippen molar-refractivity contribution < 1.29 is 0 Å². The summed E-state index contributed by atoms with van der Waals surface area (Å²) in [5.41, 5.74) is 6.04. The highest BCUT2D eigenvalue weighted by atomic mass is 32.2. The molecule has 0 saturated carbocycles. The Morgan fingerprint density at radius 1 is 1.43 bits per heavy atom. The number of nitriles is 1. The van der Waals surface area contributed by atoms with E-state index >= 15 is 0 Å². The van der Waals surface area contributed by atoms with E-state index in [1.165, 1.54) is 11.8 Å². The lowest BCUT2D eigenvalue weighted by atomic mass is 10.2. The van der Waals surface area contributed by atoms with Gasteiger partial charge >= 0.3 is 0 Å². The minimum absolute atomic E-state index is 0.218. The topological polar surface area (TPSA) is 75.6 Å². The molecule has 0 atom stereocenters. The van der Waals surface area contributed by atoms with Gasteiger partial charge in [-0.3, -0.25) is 0 Å². The summed E-state index contributed by atoms with van der Waals surface area (Å²) in [6.45, 7) is 3.98. The maximum Gasteiger partial charge on any atom is 0.146 e. The Balaban J connectivity index is 3.33. The van der Waals surface area contributed by atoms with E-state index in [2.05, 4.69) is 9.97 Å². The average molecular weight is 208 g/mol. The van der Waals surface area contributed by atoms with Crippen molar-refractivity contribution in [2.45, 2.75) is 24.8 Å². The molecule has 0 aliphatic rings. The van der Waals surface area contributed by atoms with Gasteiger partial charge in [0.2, 0.25) is 0 Å². The van der Waals surface area contributed by atoms with E-state index in [-0.39, 0.29) is 11.7 Å². The van der Waals surface area contributed by atoms with Gasteiger partial charge in [0.25, 0.3) is 0 Å². The predicted octanol–water partition coefficient (Wildman–Crippen LogP) is 1.78. The van der Waals surface area contributed by atoms with Crippen LogP contribution in [0.1, 0.15) is 31.2 Å². The standard InChI is InChI=1S/C9H12N4S/c1-5(2)8-12-7(11)6(4-10)9(13-8)14-3/h5H,1-3H3,(H2,11,12,13). The summed E-state index contributed by atoms with van der Waals surface area (Å²) in [6, 6.07) is 2.01. The molecule has 74 valence electrons. The highest BCUT2D eigenvalue weighted by molar-refractivity contribution is 7.98. The molecule has 0 fully saturated rings. The third-order valence-corrected chi connectivity index (χ3v) is 2.42. The zero-order valence-corrected chi connectivity index (χ0v) is 9.22. The van der Waals surface area contributed by atoms with Gasteiger partial charge in [-0.05, 0) is 6.26 Å². The number of anilines is 1. The highest BCUT2D eigenvalue weighted by Crippen LogP contribution is 2.23. The molecule has 4 nitrogen and oxygen atoms in total. The molecule has 2 N–H and O–H groups in total. The molecule has 0 aromatic carbocycles. The van der Waals surface area contributed by atoms with Crippen molar-refractivity contribution in [3.05, 3.63) is 11.4 Å². The molecule has 0 radical (unpaired) electrons. The first-order valence-electron chi connectivity index (χ1n) is 4.21. The van der Waals surface area contributed by atoms with Crippen LogP contribution < -0.4 is 5.73 Å². The summed E-state index contributed by atoms with van der Waals surface area (Å²) in [5.74, 6) is 1.18. The Kier molecular flexibility index (Phi) is 3.31. The molecule has 0 aliphatic heterocycles. The van der Waals surface area contributed by atoms with Gasteiger partial charge in [0.05, 0.1) is 0 Å². The van der Waals surface area contributed by atoms with Crippen LogP contribution in [0.3, 0.4) is 0 Å². The fraction of sp³-hybridized carbons (Fsp3) is 0.444. The van der Waals surface area contributed by atoms with Crippen molar-refractivity contribution in [1.29, 1.82) is 5.26 Å². The molecule has 0 spiro atoms. The molecule has 0 amide bonds. The SMILES string of the molecule is CSc1nc(C(C)C)nc(N)c1C#N. The normalized spacial score (nSPS) is 10.2. The van der Waals surface area contributed by atoms with Crippen molar-refractivity contribution in [3.63, 3.8) is 0 Å². The van der Waals surface area contributed by atoms with Crippen molar-refractivity contribution in [2.75, 3.05) is 12.0 Å². The molecule has 14 heavy (non-hydrogen) atoms. The van der Waals surface area contributed by atoms with Gasteiger partial charge in [0.1, 0.15) is 28.3 Å². The van der Waals surface area contributed by atoms with Crippen LogP contribution in [0.2, 0.25) is 0 Å². The lowest BCUT2D eigenvalue weighted by molar-refractivity contribution is 0.754. The molecular weight excluding hydrogens is 196 g/mol. The van der Waals surface area contributed by atoms with Gasteiger partial charge in [0.15, 0.2) is 0 Å². The summed E-state index contributed by atoms with van der Waals surface area (Å²) < 4.78 is 0. The van der Waals surface area contributed by atoms with Crippen LogP contribution in [0.4, 0.5) is 5.82 Å². The van der Waals surface area contributed by atoms with E-state index in [1.807, 2.05) is 26.2 Å². The number of thioether (sulfide) groups is 1. The van der Waals surface area contributed by atoms with Crippen LogP contribution in [0.25, 0.3) is 0 Å². The molecule has 1 aromatic heterocycles. The highest BCUT2D eigenvalue weighted by Gasteiger charge is 2.12. The summed E-state index contributed by atoms with van der Waals surface area (Å²) in [6.07, 6.45) is 1.87. The first-order chi connectivity index (χ1) is 6.60. The summed E-state index contributed by atoms with van der Waals surface area (Å²) in [5, 5.41) is 9.49. The van der Waals surface area contributed by atoms with Gasteiger partial charge < -0.3 is 5.73 Å². The van der Waals surface area contributed by atoms with E-state index in [9.17, 15) is 0 Å². The molecule has 5 heteroatoms. The van der Waals surface area contributed by atoms with E-state index in [0.29, 0.717) is 16.4 Å². The molecule has 1 aromatic rings.